The van der Waals surface area contributed by atoms with Gasteiger partial charge in [-0.15, -0.1) is 0 Å². The first-order valence-electron chi connectivity index (χ1n) is 17.2. The molecule has 0 aliphatic carbocycles. The first-order chi connectivity index (χ1) is 21.8. The third-order valence-electron chi connectivity index (χ3n) is 6.59. The van der Waals surface area contributed by atoms with Gasteiger partial charge in [0.25, 0.3) is 0 Å². The Labute approximate surface area is 267 Å². The molecule has 11 heteroatoms. The maximum Gasteiger partial charge on any atom is 0.329 e. The molecule has 0 unspecified atom stereocenters. The highest BCUT2D eigenvalue weighted by Crippen LogP contribution is 2.12. The molecule has 0 amide bonds. The third kappa shape index (κ3) is 41.1. The van der Waals surface area contributed by atoms with Crippen molar-refractivity contribution in [3.8, 4) is 0 Å². The molecule has 0 saturated carbocycles. The summed E-state index contributed by atoms with van der Waals surface area (Å²) in [5, 5.41) is 8.42. The summed E-state index contributed by atoms with van der Waals surface area (Å²) >= 11 is 0. The molecule has 44 heavy (non-hydrogen) atoms. The highest BCUT2D eigenvalue weighted by Gasteiger charge is 1.98. The fourth-order valence-electron chi connectivity index (χ4n) is 4.14. The molecule has 0 rings (SSSR count). The highest BCUT2D eigenvalue weighted by molar-refractivity contribution is 5.67. The maximum atomic E-state index is 10.3. The second kappa shape index (κ2) is 40.1. The van der Waals surface area contributed by atoms with Gasteiger partial charge >= 0.3 is 5.97 Å². The molecule has 0 aliphatic rings. The van der Waals surface area contributed by atoms with Crippen LogP contribution in [-0.2, 0) is 47.4 Å². The number of carbonyl (C=O) groups is 1. The summed E-state index contributed by atoms with van der Waals surface area (Å²) in [6.45, 7) is 10.7. The summed E-state index contributed by atoms with van der Waals surface area (Å²) in [5.74, 6) is -0.989. The molecule has 264 valence electrons. The van der Waals surface area contributed by atoms with Crippen molar-refractivity contribution in [2.75, 3.05) is 119 Å². The van der Waals surface area contributed by atoms with Crippen molar-refractivity contribution in [3.63, 3.8) is 0 Å². The first-order valence-corrected chi connectivity index (χ1v) is 17.2. The normalized spacial score (nSPS) is 11.5. The minimum atomic E-state index is -0.989. The Hall–Kier alpha value is -0.890. The summed E-state index contributed by atoms with van der Waals surface area (Å²) in [6, 6.07) is 0. The number of unbranched alkanes of at least 4 members (excludes halogenated alkanes) is 12. The Bertz CT molecular complexity index is 540. The largest absolute Gasteiger partial charge is 0.480 e. The average molecular weight is 639 g/mol. The molecule has 0 aromatic rings. The van der Waals surface area contributed by atoms with Crippen LogP contribution in [0.3, 0.4) is 0 Å². The molecule has 1 N–H and O–H groups in total. The van der Waals surface area contributed by atoms with E-state index in [2.05, 4.69) is 6.92 Å². The van der Waals surface area contributed by atoms with E-state index in [4.69, 9.17) is 47.7 Å². The lowest BCUT2D eigenvalue weighted by atomic mass is 10.0. The van der Waals surface area contributed by atoms with Gasteiger partial charge in [0.05, 0.1) is 106 Å². The molecule has 0 saturated heterocycles. The van der Waals surface area contributed by atoms with E-state index in [1.165, 1.54) is 77.0 Å². The topological polar surface area (TPSA) is 120 Å². The molecular formula is C33H66O11. The van der Waals surface area contributed by atoms with E-state index in [9.17, 15) is 4.79 Å². The minimum Gasteiger partial charge on any atom is -0.480 e. The van der Waals surface area contributed by atoms with Gasteiger partial charge in [0, 0.05) is 6.61 Å². The predicted molar refractivity (Wildman–Crippen MR) is 171 cm³/mol. The van der Waals surface area contributed by atoms with Gasteiger partial charge in [-0.25, -0.2) is 4.79 Å². The number of hydrogen-bond acceptors (Lipinski definition) is 10. The zero-order chi connectivity index (χ0) is 31.9. The molecule has 0 fully saturated rings. The van der Waals surface area contributed by atoms with Crippen molar-refractivity contribution in [1.82, 2.24) is 0 Å². The van der Waals surface area contributed by atoms with Crippen molar-refractivity contribution in [2.24, 2.45) is 0 Å². The zero-order valence-corrected chi connectivity index (χ0v) is 28.0. The van der Waals surface area contributed by atoms with Crippen molar-refractivity contribution >= 4 is 5.97 Å². The lowest BCUT2D eigenvalue weighted by Crippen LogP contribution is -2.15. The van der Waals surface area contributed by atoms with E-state index in [0.29, 0.717) is 99.1 Å². The number of ether oxygens (including phenoxy) is 9. The number of aliphatic carboxylic acids is 1. The molecule has 11 nitrogen and oxygen atoms in total. The van der Waals surface area contributed by atoms with Crippen LogP contribution in [-0.4, -0.2) is 130 Å². The van der Waals surface area contributed by atoms with E-state index < -0.39 is 5.97 Å². The van der Waals surface area contributed by atoms with Gasteiger partial charge in [-0.3, -0.25) is 0 Å². The Morgan fingerprint density at radius 3 is 0.841 bits per heavy atom. The maximum absolute atomic E-state index is 10.3. The SMILES string of the molecule is CCCCCCCCCCCCCCCOCCOCCOCCOCCOCCOCCOCCOCCOCC(=O)O. The second-order valence-corrected chi connectivity index (χ2v) is 10.6. The lowest BCUT2D eigenvalue weighted by Gasteiger charge is -2.09. The average Bonchev–Trinajstić information content (AvgIpc) is 3.02. The summed E-state index contributed by atoms with van der Waals surface area (Å²) in [6.07, 6.45) is 17.8. The van der Waals surface area contributed by atoms with E-state index in [1.54, 1.807) is 0 Å². The van der Waals surface area contributed by atoms with Crippen LogP contribution in [0.15, 0.2) is 0 Å². The van der Waals surface area contributed by atoms with Crippen molar-refractivity contribution in [3.05, 3.63) is 0 Å². The Morgan fingerprint density at radius 1 is 0.341 bits per heavy atom. The minimum absolute atomic E-state index is 0.250. The van der Waals surface area contributed by atoms with Crippen LogP contribution in [0.5, 0.6) is 0 Å². The van der Waals surface area contributed by atoms with E-state index in [0.717, 1.165) is 13.0 Å². The van der Waals surface area contributed by atoms with E-state index >= 15 is 0 Å². The smallest absolute Gasteiger partial charge is 0.329 e. The number of hydrogen-bond donors (Lipinski definition) is 1. The zero-order valence-electron chi connectivity index (χ0n) is 28.0. The Morgan fingerprint density at radius 2 is 0.568 bits per heavy atom. The molecular weight excluding hydrogens is 572 g/mol. The summed E-state index contributed by atoms with van der Waals surface area (Å²) in [5.41, 5.74) is 0. The van der Waals surface area contributed by atoms with Crippen LogP contribution in [0.1, 0.15) is 90.4 Å². The Kier molecular flexibility index (Phi) is 39.3. The third-order valence-corrected chi connectivity index (χ3v) is 6.59. The van der Waals surface area contributed by atoms with E-state index in [-0.39, 0.29) is 13.2 Å². The van der Waals surface area contributed by atoms with Crippen LogP contribution in [0.4, 0.5) is 0 Å². The fourth-order valence-corrected chi connectivity index (χ4v) is 4.14. The quantitative estimate of drug-likeness (QED) is 0.0879. The van der Waals surface area contributed by atoms with Crippen molar-refractivity contribution in [1.29, 1.82) is 0 Å². The summed E-state index contributed by atoms with van der Waals surface area (Å²) in [7, 11) is 0. The van der Waals surface area contributed by atoms with Gasteiger partial charge in [0.1, 0.15) is 6.61 Å². The molecule has 0 aromatic carbocycles. The molecule has 0 heterocycles. The van der Waals surface area contributed by atoms with Gasteiger partial charge in [0.15, 0.2) is 0 Å². The van der Waals surface area contributed by atoms with Gasteiger partial charge < -0.3 is 47.7 Å². The van der Waals surface area contributed by atoms with Gasteiger partial charge in [-0.2, -0.15) is 0 Å². The van der Waals surface area contributed by atoms with Crippen LogP contribution in [0, 0.1) is 0 Å². The molecule has 0 radical (unpaired) electrons. The highest BCUT2D eigenvalue weighted by atomic mass is 16.6. The van der Waals surface area contributed by atoms with Crippen molar-refractivity contribution in [2.45, 2.75) is 90.4 Å². The number of carboxylic acid groups (broad SMARTS) is 1. The summed E-state index contributed by atoms with van der Waals surface area (Å²) < 4.78 is 48.6. The second-order valence-electron chi connectivity index (χ2n) is 10.6. The Balaban J connectivity index is 3.04. The summed E-state index contributed by atoms with van der Waals surface area (Å²) in [4.78, 5) is 10.3. The van der Waals surface area contributed by atoms with Crippen LogP contribution in [0.2, 0.25) is 0 Å². The first kappa shape index (κ1) is 43.1. The molecule has 0 bridgehead atoms. The van der Waals surface area contributed by atoms with Gasteiger partial charge in [0.2, 0.25) is 0 Å². The van der Waals surface area contributed by atoms with Crippen LogP contribution < -0.4 is 0 Å². The van der Waals surface area contributed by atoms with Gasteiger partial charge in [-0.05, 0) is 6.42 Å². The van der Waals surface area contributed by atoms with Crippen molar-refractivity contribution < 1.29 is 52.5 Å². The van der Waals surface area contributed by atoms with Crippen LogP contribution >= 0.6 is 0 Å². The monoisotopic (exact) mass is 638 g/mol. The predicted octanol–water partition coefficient (Wildman–Crippen LogP) is 5.31. The molecule has 0 aliphatic heterocycles. The number of carboxylic acids is 1. The van der Waals surface area contributed by atoms with E-state index in [1.807, 2.05) is 0 Å². The van der Waals surface area contributed by atoms with Gasteiger partial charge in [-0.1, -0.05) is 84.0 Å². The molecule has 0 atom stereocenters. The molecule has 0 spiro atoms. The molecule has 0 aromatic heterocycles. The standard InChI is InChI=1S/C33H66O11/c1-2-3-4-5-6-7-8-9-10-11-12-13-14-15-36-16-17-37-18-19-38-20-21-39-22-23-40-24-25-41-26-27-42-28-29-43-30-31-44-32-33(34)35/h2-32H2,1H3,(H,34,35). The fraction of sp³-hybridized carbons (Fsp3) is 0.970. The lowest BCUT2D eigenvalue weighted by molar-refractivity contribution is -0.142. The van der Waals surface area contributed by atoms with Crippen LogP contribution in [0.25, 0.3) is 0 Å². The number of rotatable bonds is 40.